The lowest BCUT2D eigenvalue weighted by Crippen LogP contribution is -2.22. The maximum absolute atomic E-state index is 5.98. The Morgan fingerprint density at radius 3 is 2.73 bits per heavy atom. The summed E-state index contributed by atoms with van der Waals surface area (Å²) in [5.41, 5.74) is 1.68. The van der Waals surface area contributed by atoms with Crippen LogP contribution in [0.3, 0.4) is 0 Å². The number of ether oxygens (including phenoxy) is 2. The van der Waals surface area contributed by atoms with Crippen LogP contribution >= 0.6 is 11.6 Å². The fourth-order valence-electron chi connectivity index (χ4n) is 3.18. The van der Waals surface area contributed by atoms with E-state index in [1.807, 2.05) is 42.6 Å². The minimum Gasteiger partial charge on any atom is -0.487 e. The summed E-state index contributed by atoms with van der Waals surface area (Å²) in [7, 11) is -1.08. The Morgan fingerprint density at radius 2 is 1.94 bits per heavy atom. The highest BCUT2D eigenvalue weighted by molar-refractivity contribution is 6.76. The number of hydrogen-bond donors (Lipinski definition) is 1. The van der Waals surface area contributed by atoms with E-state index in [2.05, 4.69) is 40.0 Å². The van der Waals surface area contributed by atoms with Crippen molar-refractivity contribution in [3.63, 3.8) is 0 Å². The van der Waals surface area contributed by atoms with Crippen LogP contribution in [-0.2, 0) is 18.1 Å². The number of aromatic nitrogens is 4. The molecule has 0 unspecified atom stereocenters. The number of halogens is 1. The van der Waals surface area contributed by atoms with Crippen LogP contribution in [0.5, 0.6) is 5.75 Å². The van der Waals surface area contributed by atoms with E-state index in [0.29, 0.717) is 18.5 Å². The number of nitrogens with zero attached hydrogens (tertiary/aromatic N) is 4. The first-order chi connectivity index (χ1) is 15.9. The van der Waals surface area contributed by atoms with Gasteiger partial charge in [-0.15, -0.1) is 0 Å². The molecule has 0 saturated carbocycles. The summed E-state index contributed by atoms with van der Waals surface area (Å²) >= 11 is 5.87. The van der Waals surface area contributed by atoms with E-state index in [1.54, 1.807) is 23.1 Å². The van der Waals surface area contributed by atoms with Gasteiger partial charge in [0.15, 0.2) is 0 Å². The molecule has 33 heavy (non-hydrogen) atoms. The van der Waals surface area contributed by atoms with Gasteiger partial charge in [0.25, 0.3) is 0 Å². The van der Waals surface area contributed by atoms with Crippen molar-refractivity contribution in [3.8, 4) is 5.75 Å². The van der Waals surface area contributed by atoms with Gasteiger partial charge in [0.05, 0.1) is 17.6 Å². The molecule has 3 heterocycles. The molecule has 0 spiro atoms. The molecule has 0 radical (unpaired) electrons. The van der Waals surface area contributed by atoms with Crippen LogP contribution in [0.15, 0.2) is 61.1 Å². The summed E-state index contributed by atoms with van der Waals surface area (Å²) in [5.74, 6) is 1.52. The van der Waals surface area contributed by atoms with E-state index in [4.69, 9.17) is 21.1 Å². The van der Waals surface area contributed by atoms with Gasteiger partial charge in [-0.2, -0.15) is 5.10 Å². The number of anilines is 2. The number of benzene rings is 1. The molecule has 0 aliphatic heterocycles. The topological polar surface area (TPSA) is 74.1 Å². The van der Waals surface area contributed by atoms with Gasteiger partial charge >= 0.3 is 0 Å². The maximum atomic E-state index is 5.98. The molecule has 4 aromatic rings. The fraction of sp³-hybridized carbons (Fsp3) is 0.292. The Hall–Kier alpha value is -2.94. The van der Waals surface area contributed by atoms with Crippen LogP contribution in [0.2, 0.25) is 30.8 Å². The third-order valence-corrected chi connectivity index (χ3v) is 6.96. The van der Waals surface area contributed by atoms with Crippen molar-refractivity contribution in [2.45, 2.75) is 39.0 Å². The van der Waals surface area contributed by atoms with Crippen molar-refractivity contribution in [1.29, 1.82) is 0 Å². The van der Waals surface area contributed by atoms with Crippen molar-refractivity contribution >= 4 is 42.0 Å². The van der Waals surface area contributed by atoms with Gasteiger partial charge in [0.1, 0.15) is 30.1 Å². The second kappa shape index (κ2) is 10.3. The Labute approximate surface area is 199 Å². The first-order valence-electron chi connectivity index (χ1n) is 10.9. The lowest BCUT2D eigenvalue weighted by Gasteiger charge is -2.15. The zero-order valence-corrected chi connectivity index (χ0v) is 20.8. The van der Waals surface area contributed by atoms with Gasteiger partial charge in [-0.3, -0.25) is 0 Å². The van der Waals surface area contributed by atoms with E-state index in [-0.39, 0.29) is 0 Å². The SMILES string of the molecule is C[Si](C)(C)CCOCn1ccc(COc2ccc3c(Nc4ccc(Cl)nc4)nccc3c2)n1. The van der Waals surface area contributed by atoms with Crippen molar-refractivity contribution in [3.05, 3.63) is 71.9 Å². The average Bonchev–Trinajstić information content (AvgIpc) is 3.24. The molecule has 4 rings (SSSR count). The predicted octanol–water partition coefficient (Wildman–Crippen LogP) is 6.11. The molecule has 9 heteroatoms. The minimum absolute atomic E-state index is 0.389. The number of rotatable bonds is 10. The van der Waals surface area contributed by atoms with Crippen molar-refractivity contribution in [2.75, 3.05) is 11.9 Å². The summed E-state index contributed by atoms with van der Waals surface area (Å²) in [6.45, 7) is 8.66. The van der Waals surface area contributed by atoms with Crippen LogP contribution in [0.1, 0.15) is 5.69 Å². The molecule has 0 amide bonds. The summed E-state index contributed by atoms with van der Waals surface area (Å²) < 4.78 is 13.5. The van der Waals surface area contributed by atoms with Crippen molar-refractivity contribution in [2.24, 2.45) is 0 Å². The average molecular weight is 482 g/mol. The lowest BCUT2D eigenvalue weighted by atomic mass is 10.1. The summed E-state index contributed by atoms with van der Waals surface area (Å²) in [5, 5.41) is 10.3. The normalized spacial score (nSPS) is 11.6. The summed E-state index contributed by atoms with van der Waals surface area (Å²) in [6, 6.07) is 14.6. The first kappa shape index (κ1) is 23.2. The number of pyridine rings is 2. The van der Waals surface area contributed by atoms with Crippen LogP contribution in [-0.4, -0.2) is 34.4 Å². The zero-order valence-electron chi connectivity index (χ0n) is 19.1. The van der Waals surface area contributed by atoms with Gasteiger partial charge in [0.2, 0.25) is 0 Å². The Kier molecular flexibility index (Phi) is 7.27. The predicted molar refractivity (Wildman–Crippen MR) is 135 cm³/mol. The molecule has 0 atom stereocenters. The van der Waals surface area contributed by atoms with Crippen LogP contribution < -0.4 is 10.1 Å². The molecule has 0 saturated heterocycles. The van der Waals surface area contributed by atoms with E-state index < -0.39 is 8.07 Å². The molecule has 3 aromatic heterocycles. The van der Waals surface area contributed by atoms with E-state index in [1.165, 1.54) is 0 Å². The van der Waals surface area contributed by atoms with Crippen LogP contribution in [0.25, 0.3) is 10.8 Å². The van der Waals surface area contributed by atoms with E-state index in [0.717, 1.165) is 46.4 Å². The van der Waals surface area contributed by atoms with E-state index in [9.17, 15) is 0 Å². The highest BCUT2D eigenvalue weighted by Crippen LogP contribution is 2.28. The van der Waals surface area contributed by atoms with Crippen molar-refractivity contribution in [1.82, 2.24) is 19.7 Å². The molecule has 0 aliphatic carbocycles. The first-order valence-corrected chi connectivity index (χ1v) is 14.9. The fourth-order valence-corrected chi connectivity index (χ4v) is 4.05. The maximum Gasteiger partial charge on any atom is 0.139 e. The second-order valence-corrected chi connectivity index (χ2v) is 15.0. The second-order valence-electron chi connectivity index (χ2n) is 9.02. The number of hydrogen-bond acceptors (Lipinski definition) is 6. The molecule has 7 nitrogen and oxygen atoms in total. The third kappa shape index (κ3) is 6.77. The highest BCUT2D eigenvalue weighted by Gasteiger charge is 2.12. The smallest absolute Gasteiger partial charge is 0.139 e. The van der Waals surface area contributed by atoms with Gasteiger partial charge in [0, 0.05) is 32.5 Å². The molecule has 172 valence electrons. The Balaban J connectivity index is 1.35. The summed E-state index contributed by atoms with van der Waals surface area (Å²) in [6.07, 6.45) is 5.36. The molecular weight excluding hydrogens is 454 g/mol. The summed E-state index contributed by atoms with van der Waals surface area (Å²) in [4.78, 5) is 8.56. The third-order valence-electron chi connectivity index (χ3n) is 5.03. The number of nitrogens with one attached hydrogen (secondary N) is 1. The van der Waals surface area contributed by atoms with Crippen LogP contribution in [0.4, 0.5) is 11.5 Å². The Bertz CT molecular complexity index is 1210. The van der Waals surface area contributed by atoms with Gasteiger partial charge in [-0.25, -0.2) is 14.6 Å². The van der Waals surface area contributed by atoms with Gasteiger partial charge in [-0.1, -0.05) is 31.2 Å². The van der Waals surface area contributed by atoms with Gasteiger partial charge < -0.3 is 14.8 Å². The largest absolute Gasteiger partial charge is 0.487 e. The molecule has 1 N–H and O–H groups in total. The monoisotopic (exact) mass is 481 g/mol. The van der Waals surface area contributed by atoms with E-state index >= 15 is 0 Å². The molecular formula is C24H28ClN5O2Si. The molecule has 1 aromatic carbocycles. The standard InChI is InChI=1S/C24H28ClN5O2Si/c1-33(2,3)13-12-31-17-30-11-9-20(29-30)16-32-21-5-6-22-18(14-21)8-10-26-24(22)28-19-4-7-23(25)27-15-19/h4-11,14-15H,12-13,16-17H2,1-3H3,(H,26,28). The van der Waals surface area contributed by atoms with Crippen LogP contribution in [0, 0.1) is 0 Å². The molecule has 0 fully saturated rings. The highest BCUT2D eigenvalue weighted by atomic mass is 35.5. The molecule has 0 aliphatic rings. The lowest BCUT2D eigenvalue weighted by molar-refractivity contribution is 0.0779. The quantitative estimate of drug-likeness (QED) is 0.167. The zero-order chi connectivity index (χ0) is 23.3. The van der Waals surface area contributed by atoms with Crippen molar-refractivity contribution < 1.29 is 9.47 Å². The number of fused-ring (bicyclic) bond motifs is 1. The minimum atomic E-state index is -1.08. The Morgan fingerprint density at radius 1 is 1.06 bits per heavy atom. The van der Waals surface area contributed by atoms with Gasteiger partial charge in [-0.05, 0) is 53.9 Å². The molecule has 0 bridgehead atoms.